The first-order valence-corrected chi connectivity index (χ1v) is 5.99. The maximum Gasteiger partial charge on any atom is 0.411 e. The van der Waals surface area contributed by atoms with Gasteiger partial charge in [-0.05, 0) is 19.9 Å². The maximum atomic E-state index is 12.0. The first kappa shape index (κ1) is 15.9. The topological polar surface area (TPSA) is 65.1 Å². The van der Waals surface area contributed by atoms with Crippen LogP contribution in [0.3, 0.4) is 0 Å². The van der Waals surface area contributed by atoms with Crippen LogP contribution in [0.1, 0.15) is 18.3 Å². The molecule has 0 fully saturated rings. The van der Waals surface area contributed by atoms with Gasteiger partial charge in [-0.3, -0.25) is 16.0 Å². The third-order valence-corrected chi connectivity index (χ3v) is 2.56. The van der Waals surface area contributed by atoms with Crippen molar-refractivity contribution in [2.24, 2.45) is 5.84 Å². The SMILES string of the molecule is CCn1nc(C)cc1CC(COCC(F)(F)F)NN. The fourth-order valence-electron chi connectivity index (χ4n) is 1.77. The molecule has 0 saturated heterocycles. The Morgan fingerprint density at radius 3 is 2.74 bits per heavy atom. The molecular formula is C11H19F3N4O. The Hall–Kier alpha value is -1.12. The van der Waals surface area contributed by atoms with E-state index in [-0.39, 0.29) is 12.6 Å². The molecule has 3 N–H and O–H groups in total. The minimum absolute atomic E-state index is 0.107. The molecule has 0 aliphatic carbocycles. The number of nitrogens with one attached hydrogen (secondary N) is 1. The average molecular weight is 280 g/mol. The zero-order chi connectivity index (χ0) is 14.5. The van der Waals surface area contributed by atoms with Crippen molar-refractivity contribution in [3.05, 3.63) is 17.5 Å². The predicted octanol–water partition coefficient (Wildman–Crippen LogP) is 1.16. The van der Waals surface area contributed by atoms with Crippen LogP contribution in [0.25, 0.3) is 0 Å². The zero-order valence-corrected chi connectivity index (χ0v) is 11.0. The molecule has 0 amide bonds. The van der Waals surface area contributed by atoms with E-state index >= 15 is 0 Å². The summed E-state index contributed by atoms with van der Waals surface area (Å²) in [7, 11) is 0. The van der Waals surface area contributed by atoms with Gasteiger partial charge >= 0.3 is 6.18 Å². The number of hydrazine groups is 1. The monoisotopic (exact) mass is 280 g/mol. The van der Waals surface area contributed by atoms with Crippen LogP contribution in [0.15, 0.2) is 6.07 Å². The Balaban J connectivity index is 2.51. The smallest absolute Gasteiger partial charge is 0.370 e. The molecule has 0 spiro atoms. The molecule has 0 aliphatic rings. The third-order valence-electron chi connectivity index (χ3n) is 2.56. The lowest BCUT2D eigenvalue weighted by atomic mass is 10.1. The van der Waals surface area contributed by atoms with Gasteiger partial charge in [0.1, 0.15) is 6.61 Å². The van der Waals surface area contributed by atoms with E-state index < -0.39 is 12.8 Å². The van der Waals surface area contributed by atoms with Gasteiger partial charge in [-0.1, -0.05) is 0 Å². The Bertz CT molecular complexity index is 392. The van der Waals surface area contributed by atoms with Crippen LogP contribution in [-0.4, -0.2) is 35.2 Å². The Labute approximate surface area is 109 Å². The largest absolute Gasteiger partial charge is 0.411 e. The number of alkyl halides is 3. The van der Waals surface area contributed by atoms with Gasteiger partial charge in [-0.15, -0.1) is 0 Å². The van der Waals surface area contributed by atoms with Crippen molar-refractivity contribution in [2.75, 3.05) is 13.2 Å². The highest BCUT2D eigenvalue weighted by Gasteiger charge is 2.28. The van der Waals surface area contributed by atoms with Crippen LogP contribution in [0, 0.1) is 6.92 Å². The van der Waals surface area contributed by atoms with Crippen molar-refractivity contribution in [1.82, 2.24) is 15.2 Å². The lowest BCUT2D eigenvalue weighted by Gasteiger charge is -2.17. The first-order valence-electron chi connectivity index (χ1n) is 5.99. The average Bonchev–Trinajstić information content (AvgIpc) is 2.66. The molecule has 0 radical (unpaired) electrons. The van der Waals surface area contributed by atoms with Crippen molar-refractivity contribution in [1.29, 1.82) is 0 Å². The second-order valence-electron chi connectivity index (χ2n) is 4.29. The van der Waals surface area contributed by atoms with Crippen LogP contribution in [0.4, 0.5) is 13.2 Å². The predicted molar refractivity (Wildman–Crippen MR) is 64.3 cm³/mol. The highest BCUT2D eigenvalue weighted by molar-refractivity contribution is 5.10. The summed E-state index contributed by atoms with van der Waals surface area (Å²) in [6.07, 6.45) is -3.86. The van der Waals surface area contributed by atoms with Gasteiger partial charge in [0.25, 0.3) is 0 Å². The van der Waals surface area contributed by atoms with Crippen molar-refractivity contribution in [3.8, 4) is 0 Å². The van der Waals surface area contributed by atoms with E-state index in [4.69, 9.17) is 5.84 Å². The number of nitrogens with two attached hydrogens (primary N) is 1. The van der Waals surface area contributed by atoms with Gasteiger partial charge in [0.05, 0.1) is 12.3 Å². The van der Waals surface area contributed by atoms with Gasteiger partial charge < -0.3 is 4.74 Å². The molecule has 0 bridgehead atoms. The van der Waals surface area contributed by atoms with E-state index in [0.717, 1.165) is 11.4 Å². The second-order valence-corrected chi connectivity index (χ2v) is 4.29. The molecule has 1 aromatic heterocycles. The van der Waals surface area contributed by atoms with Crippen LogP contribution in [0.5, 0.6) is 0 Å². The summed E-state index contributed by atoms with van der Waals surface area (Å²) < 4.78 is 42.3. The molecule has 0 aliphatic heterocycles. The molecule has 19 heavy (non-hydrogen) atoms. The molecule has 110 valence electrons. The van der Waals surface area contributed by atoms with E-state index in [0.29, 0.717) is 13.0 Å². The van der Waals surface area contributed by atoms with E-state index in [9.17, 15) is 13.2 Å². The Morgan fingerprint density at radius 1 is 1.53 bits per heavy atom. The second kappa shape index (κ2) is 6.88. The Kier molecular flexibility index (Phi) is 5.77. The van der Waals surface area contributed by atoms with Gasteiger partial charge in [0.15, 0.2) is 0 Å². The number of aromatic nitrogens is 2. The summed E-state index contributed by atoms with van der Waals surface area (Å²) in [6, 6.07) is 1.50. The fraction of sp³-hybridized carbons (Fsp3) is 0.727. The van der Waals surface area contributed by atoms with Crippen molar-refractivity contribution in [3.63, 3.8) is 0 Å². The van der Waals surface area contributed by atoms with Crippen LogP contribution < -0.4 is 11.3 Å². The van der Waals surface area contributed by atoms with Crippen LogP contribution in [0.2, 0.25) is 0 Å². The maximum absolute atomic E-state index is 12.0. The standard InChI is InChI=1S/C11H19F3N4O/c1-3-18-10(4-8(2)17-18)5-9(16-15)6-19-7-11(12,13)14/h4,9,16H,3,5-7,15H2,1-2H3. The van der Waals surface area contributed by atoms with Gasteiger partial charge in [0, 0.05) is 24.7 Å². The number of ether oxygens (including phenoxy) is 1. The van der Waals surface area contributed by atoms with Gasteiger partial charge in [-0.2, -0.15) is 18.3 Å². The van der Waals surface area contributed by atoms with Crippen molar-refractivity contribution >= 4 is 0 Å². The summed E-state index contributed by atoms with van der Waals surface area (Å²) in [5.74, 6) is 5.33. The third kappa shape index (κ3) is 5.58. The summed E-state index contributed by atoms with van der Waals surface area (Å²) in [5.41, 5.74) is 4.24. The summed E-state index contributed by atoms with van der Waals surface area (Å²) >= 11 is 0. The van der Waals surface area contributed by atoms with Crippen LogP contribution >= 0.6 is 0 Å². The molecule has 1 unspecified atom stereocenters. The first-order chi connectivity index (χ1) is 8.85. The molecule has 1 aromatic rings. The molecule has 0 aromatic carbocycles. The van der Waals surface area contributed by atoms with Crippen molar-refractivity contribution < 1.29 is 17.9 Å². The Morgan fingerprint density at radius 2 is 2.21 bits per heavy atom. The normalized spacial score (nSPS) is 13.8. The summed E-state index contributed by atoms with van der Waals surface area (Å²) in [5, 5.41) is 4.26. The minimum Gasteiger partial charge on any atom is -0.370 e. The van der Waals surface area contributed by atoms with Crippen molar-refractivity contribution in [2.45, 2.75) is 39.0 Å². The quantitative estimate of drug-likeness (QED) is 0.581. The molecule has 0 saturated carbocycles. The van der Waals surface area contributed by atoms with Crippen LogP contribution in [-0.2, 0) is 17.7 Å². The highest BCUT2D eigenvalue weighted by Crippen LogP contribution is 2.15. The highest BCUT2D eigenvalue weighted by atomic mass is 19.4. The number of aryl methyl sites for hydroxylation is 2. The molecule has 5 nitrogen and oxygen atoms in total. The molecule has 1 atom stereocenters. The molecule has 1 rings (SSSR count). The number of nitrogens with zero attached hydrogens (tertiary/aromatic N) is 2. The number of hydrogen-bond acceptors (Lipinski definition) is 4. The van der Waals surface area contributed by atoms with E-state index in [1.165, 1.54) is 0 Å². The van der Waals surface area contributed by atoms with E-state index in [2.05, 4.69) is 15.3 Å². The number of hydrogen-bond donors (Lipinski definition) is 2. The minimum atomic E-state index is -4.32. The fourth-order valence-corrected chi connectivity index (χ4v) is 1.77. The number of rotatable bonds is 7. The summed E-state index contributed by atoms with van der Waals surface area (Å²) in [4.78, 5) is 0. The molecule has 8 heteroatoms. The van der Waals surface area contributed by atoms with Gasteiger partial charge in [-0.25, -0.2) is 0 Å². The molecular weight excluding hydrogens is 261 g/mol. The molecule has 1 heterocycles. The number of halogens is 3. The van der Waals surface area contributed by atoms with Gasteiger partial charge in [0.2, 0.25) is 0 Å². The van der Waals surface area contributed by atoms with E-state index in [1.54, 1.807) is 4.68 Å². The zero-order valence-electron chi connectivity index (χ0n) is 11.0. The lowest BCUT2D eigenvalue weighted by molar-refractivity contribution is -0.175. The lowest BCUT2D eigenvalue weighted by Crippen LogP contribution is -2.41. The van der Waals surface area contributed by atoms with E-state index in [1.807, 2.05) is 19.9 Å². The summed E-state index contributed by atoms with van der Waals surface area (Å²) in [6.45, 7) is 3.13.